The number of rotatable bonds is 2. The van der Waals surface area contributed by atoms with Crippen LogP contribution in [0.15, 0.2) is 30.3 Å². The maximum absolute atomic E-state index is 6.88. The average Bonchev–Trinajstić information content (AvgIpc) is 2.80. The Morgan fingerprint density at radius 3 is 2.38 bits per heavy atom. The highest BCUT2D eigenvalue weighted by atomic mass is 16.5. The van der Waals surface area contributed by atoms with Gasteiger partial charge in [0, 0.05) is 0 Å². The zero-order valence-corrected chi connectivity index (χ0v) is 13.3. The van der Waals surface area contributed by atoms with Crippen LogP contribution in [0.3, 0.4) is 0 Å². The number of ether oxygens (including phenoxy) is 1. The number of benzene rings is 2. The predicted molar refractivity (Wildman–Crippen MR) is 86.9 cm³/mol. The summed E-state index contributed by atoms with van der Waals surface area (Å²) in [5, 5.41) is 0. The van der Waals surface area contributed by atoms with Crippen LogP contribution >= 0.6 is 0 Å². The Morgan fingerprint density at radius 1 is 0.952 bits per heavy atom. The quantitative estimate of drug-likeness (QED) is 0.909. The van der Waals surface area contributed by atoms with Crippen LogP contribution in [0.5, 0.6) is 5.75 Å². The molecule has 0 saturated carbocycles. The molecule has 0 spiro atoms. The van der Waals surface area contributed by atoms with Crippen LogP contribution in [-0.2, 0) is 12.0 Å². The number of methoxy groups -OCH3 is 1. The van der Waals surface area contributed by atoms with Crippen molar-refractivity contribution in [3.63, 3.8) is 0 Å². The Labute approximate surface area is 126 Å². The Morgan fingerprint density at radius 2 is 1.67 bits per heavy atom. The third kappa shape index (κ3) is 2.14. The molecule has 0 saturated heterocycles. The van der Waals surface area contributed by atoms with Gasteiger partial charge < -0.3 is 10.5 Å². The first-order valence-corrected chi connectivity index (χ1v) is 7.50. The van der Waals surface area contributed by atoms with Crippen molar-refractivity contribution in [3.05, 3.63) is 63.7 Å². The summed E-state index contributed by atoms with van der Waals surface area (Å²) < 4.78 is 5.39. The smallest absolute Gasteiger partial charge is 0.119 e. The van der Waals surface area contributed by atoms with Gasteiger partial charge in [-0.1, -0.05) is 18.2 Å². The lowest BCUT2D eigenvalue weighted by atomic mass is 9.81. The van der Waals surface area contributed by atoms with Gasteiger partial charge >= 0.3 is 0 Å². The molecular weight excluding hydrogens is 258 g/mol. The van der Waals surface area contributed by atoms with Crippen LogP contribution in [0.1, 0.15) is 39.8 Å². The zero-order valence-electron chi connectivity index (χ0n) is 13.3. The van der Waals surface area contributed by atoms with Gasteiger partial charge in [0.05, 0.1) is 12.6 Å². The molecule has 2 aromatic rings. The summed E-state index contributed by atoms with van der Waals surface area (Å²) in [5.74, 6) is 0.881. The maximum atomic E-state index is 6.88. The fourth-order valence-electron chi connectivity index (χ4n) is 3.50. The van der Waals surface area contributed by atoms with Crippen molar-refractivity contribution in [1.29, 1.82) is 0 Å². The first kappa shape index (κ1) is 14.2. The molecule has 0 radical (unpaired) electrons. The minimum atomic E-state index is -0.396. The van der Waals surface area contributed by atoms with E-state index in [-0.39, 0.29) is 0 Å². The monoisotopic (exact) mass is 281 g/mol. The average molecular weight is 281 g/mol. The molecular formula is C19H23NO. The molecule has 1 aliphatic rings. The van der Waals surface area contributed by atoms with E-state index >= 15 is 0 Å². The summed E-state index contributed by atoms with van der Waals surface area (Å²) in [6.45, 7) is 6.47. The Bertz CT molecular complexity index is 705. The van der Waals surface area contributed by atoms with Gasteiger partial charge in [-0.3, -0.25) is 0 Å². The number of hydrogen-bond acceptors (Lipinski definition) is 2. The van der Waals surface area contributed by atoms with Gasteiger partial charge in [0.25, 0.3) is 0 Å². The first-order chi connectivity index (χ1) is 9.95. The highest BCUT2D eigenvalue weighted by Crippen LogP contribution is 2.43. The van der Waals surface area contributed by atoms with Gasteiger partial charge in [-0.2, -0.15) is 0 Å². The van der Waals surface area contributed by atoms with E-state index in [2.05, 4.69) is 45.0 Å². The molecule has 21 heavy (non-hydrogen) atoms. The second-order valence-corrected chi connectivity index (χ2v) is 6.25. The molecule has 2 heteroatoms. The standard InChI is InChI=1S/C19H23NO/c1-12-9-14(3)17(10-13(12)2)19(20)8-7-15-5-6-16(21-4)11-18(15)19/h5-6,9-11H,7-8,20H2,1-4H3. The summed E-state index contributed by atoms with van der Waals surface area (Å²) >= 11 is 0. The van der Waals surface area contributed by atoms with Crippen molar-refractivity contribution >= 4 is 0 Å². The summed E-state index contributed by atoms with van der Waals surface area (Å²) in [7, 11) is 1.70. The van der Waals surface area contributed by atoms with Crippen molar-refractivity contribution in [2.75, 3.05) is 7.11 Å². The summed E-state index contributed by atoms with van der Waals surface area (Å²) in [6.07, 6.45) is 1.99. The van der Waals surface area contributed by atoms with Gasteiger partial charge in [-0.15, -0.1) is 0 Å². The van der Waals surface area contributed by atoms with Crippen LogP contribution in [0.25, 0.3) is 0 Å². The third-order valence-corrected chi connectivity index (χ3v) is 4.91. The van der Waals surface area contributed by atoms with E-state index < -0.39 is 5.54 Å². The Balaban J connectivity index is 2.19. The maximum Gasteiger partial charge on any atom is 0.119 e. The van der Waals surface area contributed by atoms with Crippen LogP contribution in [0.2, 0.25) is 0 Å². The van der Waals surface area contributed by atoms with Crippen LogP contribution in [0.4, 0.5) is 0 Å². The molecule has 110 valence electrons. The van der Waals surface area contributed by atoms with E-state index in [0.717, 1.165) is 18.6 Å². The van der Waals surface area contributed by atoms with Crippen LogP contribution in [-0.4, -0.2) is 7.11 Å². The van der Waals surface area contributed by atoms with E-state index in [4.69, 9.17) is 10.5 Å². The molecule has 1 aliphatic carbocycles. The molecule has 1 atom stereocenters. The first-order valence-electron chi connectivity index (χ1n) is 7.50. The van der Waals surface area contributed by atoms with Gasteiger partial charge in [-0.05, 0) is 79.1 Å². The number of nitrogens with two attached hydrogens (primary N) is 1. The van der Waals surface area contributed by atoms with Gasteiger partial charge in [0.15, 0.2) is 0 Å². The van der Waals surface area contributed by atoms with Crippen molar-refractivity contribution in [2.45, 2.75) is 39.2 Å². The second-order valence-electron chi connectivity index (χ2n) is 6.25. The molecule has 2 nitrogen and oxygen atoms in total. The minimum absolute atomic E-state index is 0.396. The predicted octanol–water partition coefficient (Wildman–Crippen LogP) is 3.77. The highest BCUT2D eigenvalue weighted by molar-refractivity contribution is 5.53. The third-order valence-electron chi connectivity index (χ3n) is 4.91. The molecule has 0 fully saturated rings. The summed E-state index contributed by atoms with van der Waals surface area (Å²) in [5.41, 5.74) is 14.2. The summed E-state index contributed by atoms with van der Waals surface area (Å²) in [6, 6.07) is 10.8. The van der Waals surface area contributed by atoms with Crippen molar-refractivity contribution < 1.29 is 4.74 Å². The molecule has 0 amide bonds. The van der Waals surface area contributed by atoms with Crippen LogP contribution < -0.4 is 10.5 Å². The van der Waals surface area contributed by atoms with E-state index in [1.807, 2.05) is 6.07 Å². The molecule has 0 aliphatic heterocycles. The normalized spacial score (nSPS) is 20.4. The number of hydrogen-bond donors (Lipinski definition) is 1. The topological polar surface area (TPSA) is 35.2 Å². The molecule has 2 aromatic carbocycles. The van der Waals surface area contributed by atoms with E-state index in [1.165, 1.54) is 33.4 Å². The zero-order chi connectivity index (χ0) is 15.2. The number of fused-ring (bicyclic) bond motifs is 1. The lowest BCUT2D eigenvalue weighted by Gasteiger charge is -2.29. The lowest BCUT2D eigenvalue weighted by molar-refractivity contribution is 0.413. The van der Waals surface area contributed by atoms with Crippen molar-refractivity contribution in [3.8, 4) is 5.75 Å². The van der Waals surface area contributed by atoms with Crippen molar-refractivity contribution in [1.82, 2.24) is 0 Å². The molecule has 3 rings (SSSR count). The molecule has 0 bridgehead atoms. The molecule has 1 unspecified atom stereocenters. The lowest BCUT2D eigenvalue weighted by Crippen LogP contribution is -2.36. The van der Waals surface area contributed by atoms with E-state index in [0.29, 0.717) is 0 Å². The molecule has 0 heterocycles. The molecule has 0 aromatic heterocycles. The van der Waals surface area contributed by atoms with E-state index in [1.54, 1.807) is 7.11 Å². The Hall–Kier alpha value is -1.80. The van der Waals surface area contributed by atoms with Gasteiger partial charge in [-0.25, -0.2) is 0 Å². The summed E-state index contributed by atoms with van der Waals surface area (Å²) in [4.78, 5) is 0. The largest absolute Gasteiger partial charge is 0.497 e. The number of aryl methyl sites for hydroxylation is 4. The second kappa shape index (κ2) is 4.88. The van der Waals surface area contributed by atoms with Gasteiger partial charge in [0.2, 0.25) is 0 Å². The highest BCUT2D eigenvalue weighted by Gasteiger charge is 2.38. The fourth-order valence-corrected chi connectivity index (χ4v) is 3.50. The Kier molecular flexibility index (Phi) is 3.29. The molecule has 2 N–H and O–H groups in total. The SMILES string of the molecule is COc1ccc2c(c1)C(N)(c1cc(C)c(C)cc1C)CC2. The minimum Gasteiger partial charge on any atom is -0.497 e. The van der Waals surface area contributed by atoms with Crippen molar-refractivity contribution in [2.24, 2.45) is 5.73 Å². The van der Waals surface area contributed by atoms with Crippen LogP contribution in [0, 0.1) is 20.8 Å². The van der Waals surface area contributed by atoms with Gasteiger partial charge in [0.1, 0.15) is 5.75 Å². The fraction of sp³-hybridized carbons (Fsp3) is 0.368. The van der Waals surface area contributed by atoms with E-state index in [9.17, 15) is 0 Å².